The van der Waals surface area contributed by atoms with Crippen LogP contribution < -0.4 is 5.43 Å². The molecule has 0 atom stereocenters. The molecular formula is C15H13F13N4O. The Bertz CT molecular complexity index is 918. The van der Waals surface area contributed by atoms with Gasteiger partial charge in [-0.15, -0.1) is 0 Å². The number of nitrogens with one attached hydrogen (secondary N) is 1. The van der Waals surface area contributed by atoms with Gasteiger partial charge in [-0.1, -0.05) is 0 Å². The molecule has 33 heavy (non-hydrogen) atoms. The van der Waals surface area contributed by atoms with E-state index >= 15 is 0 Å². The second kappa shape index (κ2) is 8.34. The van der Waals surface area contributed by atoms with Gasteiger partial charge in [-0.25, -0.2) is 5.43 Å². The van der Waals surface area contributed by atoms with E-state index in [-0.39, 0.29) is 11.3 Å². The maximum atomic E-state index is 13.7. The molecule has 0 aliphatic heterocycles. The first-order valence-electron chi connectivity index (χ1n) is 8.35. The van der Waals surface area contributed by atoms with Crippen molar-refractivity contribution in [1.82, 2.24) is 15.2 Å². The third kappa shape index (κ3) is 4.22. The molecule has 0 radical (unpaired) electrons. The van der Waals surface area contributed by atoms with Gasteiger partial charge in [0.25, 0.3) is 0 Å². The Morgan fingerprint density at radius 3 is 1.73 bits per heavy atom. The van der Waals surface area contributed by atoms with Crippen LogP contribution in [0.5, 0.6) is 0 Å². The number of hydrogen-bond acceptors (Lipinski definition) is 3. The van der Waals surface area contributed by atoms with Gasteiger partial charge in [0, 0.05) is 17.8 Å². The van der Waals surface area contributed by atoms with Crippen LogP contribution in [-0.2, 0) is 11.3 Å². The van der Waals surface area contributed by atoms with Crippen molar-refractivity contribution in [3.8, 4) is 0 Å². The minimum absolute atomic E-state index is 0.0360. The fraction of sp³-hybridized carbons (Fsp3) is 0.667. The number of amides is 1. The zero-order valence-corrected chi connectivity index (χ0v) is 16.4. The van der Waals surface area contributed by atoms with Crippen molar-refractivity contribution >= 4 is 12.1 Å². The molecule has 1 amide bonds. The Morgan fingerprint density at radius 2 is 1.33 bits per heavy atom. The summed E-state index contributed by atoms with van der Waals surface area (Å²) in [5.74, 6) is -42.1. The maximum absolute atomic E-state index is 13.7. The highest BCUT2D eigenvalue weighted by Crippen LogP contribution is 2.60. The Balaban J connectivity index is 3.29. The van der Waals surface area contributed by atoms with Crippen molar-refractivity contribution < 1.29 is 61.9 Å². The number of alkyl halides is 13. The molecule has 0 aliphatic carbocycles. The summed E-state index contributed by atoms with van der Waals surface area (Å²) in [6.07, 6.45) is -6.99. The van der Waals surface area contributed by atoms with Crippen molar-refractivity contribution in [2.75, 3.05) is 0 Å². The second-order valence-electron chi connectivity index (χ2n) is 6.47. The maximum Gasteiger partial charge on any atom is 0.460 e. The van der Waals surface area contributed by atoms with E-state index in [1.54, 1.807) is 6.92 Å². The molecule has 5 nitrogen and oxygen atoms in total. The number of nitrogens with zero attached hydrogens (tertiary/aromatic N) is 3. The highest BCUT2D eigenvalue weighted by atomic mass is 19.4. The number of halogens is 13. The van der Waals surface area contributed by atoms with Gasteiger partial charge >= 0.3 is 41.7 Å². The number of aryl methyl sites for hydroxylation is 2. The lowest BCUT2D eigenvalue weighted by Gasteiger charge is -2.38. The normalized spacial score (nSPS) is 14.8. The summed E-state index contributed by atoms with van der Waals surface area (Å²) in [6.45, 7) is 4.69. The topological polar surface area (TPSA) is 59.3 Å². The molecule has 1 rings (SSSR count). The summed E-state index contributed by atoms with van der Waals surface area (Å²) in [5, 5.41) is 6.69. The Labute approximate surface area is 175 Å². The lowest BCUT2D eigenvalue weighted by molar-refractivity contribution is -0.436. The van der Waals surface area contributed by atoms with E-state index in [0.29, 0.717) is 23.9 Å². The fourth-order valence-corrected chi connectivity index (χ4v) is 2.34. The highest BCUT2D eigenvalue weighted by Gasteiger charge is 2.91. The summed E-state index contributed by atoms with van der Waals surface area (Å²) >= 11 is 0. The predicted octanol–water partition coefficient (Wildman–Crippen LogP) is 4.71. The molecule has 0 saturated heterocycles. The molecule has 0 aromatic carbocycles. The van der Waals surface area contributed by atoms with Crippen molar-refractivity contribution in [2.24, 2.45) is 5.10 Å². The minimum atomic E-state index is -8.09. The number of hydrazone groups is 1. The van der Waals surface area contributed by atoms with E-state index in [1.165, 1.54) is 18.5 Å². The first kappa shape index (κ1) is 28.5. The number of aromatic nitrogens is 2. The predicted molar refractivity (Wildman–Crippen MR) is 83.9 cm³/mol. The molecule has 1 N–H and O–H groups in total. The first-order valence-corrected chi connectivity index (χ1v) is 8.35. The molecule has 1 heterocycles. The summed E-state index contributed by atoms with van der Waals surface area (Å²) in [5.41, 5.74) is 1.15. The van der Waals surface area contributed by atoms with Crippen LogP contribution in [0.1, 0.15) is 23.9 Å². The van der Waals surface area contributed by atoms with Gasteiger partial charge in [-0.3, -0.25) is 9.48 Å². The van der Waals surface area contributed by atoms with E-state index < -0.39 is 41.7 Å². The van der Waals surface area contributed by atoms with Gasteiger partial charge < -0.3 is 0 Å². The molecule has 0 aliphatic rings. The van der Waals surface area contributed by atoms with Gasteiger partial charge in [0.05, 0.1) is 11.9 Å². The molecule has 1 aromatic heterocycles. The van der Waals surface area contributed by atoms with E-state index in [4.69, 9.17) is 0 Å². The average Bonchev–Trinajstić information content (AvgIpc) is 2.93. The van der Waals surface area contributed by atoms with Crippen LogP contribution in [0.3, 0.4) is 0 Å². The molecule has 0 unspecified atom stereocenters. The Kier molecular flexibility index (Phi) is 7.19. The minimum Gasteiger partial charge on any atom is -0.269 e. The summed E-state index contributed by atoms with van der Waals surface area (Å²) in [6, 6.07) is 0. The lowest BCUT2D eigenvalue weighted by atomic mass is 9.93. The van der Waals surface area contributed by atoms with Crippen molar-refractivity contribution in [3.63, 3.8) is 0 Å². The van der Waals surface area contributed by atoms with Crippen LogP contribution in [0.15, 0.2) is 5.10 Å². The van der Waals surface area contributed by atoms with Gasteiger partial charge in [-0.2, -0.15) is 67.3 Å². The molecule has 0 saturated carbocycles. The third-order valence-electron chi connectivity index (χ3n) is 4.32. The van der Waals surface area contributed by atoms with E-state index in [0.717, 1.165) is 0 Å². The molecule has 1 aromatic rings. The van der Waals surface area contributed by atoms with E-state index in [1.807, 2.05) is 0 Å². The zero-order chi connectivity index (χ0) is 26.4. The standard InChI is InChI=1S/C15H13F13N4O/c1-4-32-7(3)8(6(2)31-32)5-29-30-9(33)10(16,17)11(18,19)12(20,21)13(22,23)14(24,25)15(26,27)28/h5H,4H2,1-3H3,(H,30,33)/b29-5-. The third-order valence-corrected chi connectivity index (χ3v) is 4.32. The molecule has 0 spiro atoms. The summed E-state index contributed by atoms with van der Waals surface area (Å²) in [7, 11) is 0. The van der Waals surface area contributed by atoms with Gasteiger partial charge in [0.1, 0.15) is 0 Å². The van der Waals surface area contributed by atoms with Crippen LogP contribution in [0.4, 0.5) is 57.1 Å². The smallest absolute Gasteiger partial charge is 0.269 e. The fourth-order valence-electron chi connectivity index (χ4n) is 2.34. The van der Waals surface area contributed by atoms with Crippen LogP contribution in [0.25, 0.3) is 0 Å². The van der Waals surface area contributed by atoms with Gasteiger partial charge in [-0.05, 0) is 20.8 Å². The second-order valence-corrected chi connectivity index (χ2v) is 6.47. The van der Waals surface area contributed by atoms with Crippen LogP contribution in [-0.4, -0.2) is 57.7 Å². The van der Waals surface area contributed by atoms with Crippen molar-refractivity contribution in [2.45, 2.75) is 63.1 Å². The van der Waals surface area contributed by atoms with Crippen LogP contribution in [0, 0.1) is 13.8 Å². The molecule has 18 heteroatoms. The first-order chi connectivity index (χ1) is 14.5. The highest BCUT2D eigenvalue weighted by molar-refractivity contribution is 5.87. The summed E-state index contributed by atoms with van der Waals surface area (Å²) in [4.78, 5) is 11.3. The largest absolute Gasteiger partial charge is 0.460 e. The average molecular weight is 512 g/mol. The van der Waals surface area contributed by atoms with E-state index in [2.05, 4.69) is 10.2 Å². The van der Waals surface area contributed by atoms with Gasteiger partial charge in [0.2, 0.25) is 0 Å². The monoisotopic (exact) mass is 512 g/mol. The van der Waals surface area contributed by atoms with Crippen molar-refractivity contribution in [3.05, 3.63) is 17.0 Å². The van der Waals surface area contributed by atoms with Crippen LogP contribution >= 0.6 is 0 Å². The Hall–Kier alpha value is -2.56. The SMILES string of the molecule is CCn1nc(C)c(/C=N\NC(=O)C(F)(F)C(F)(F)C(F)(F)C(F)(F)C(F)(F)C(F)(F)F)c1C. The zero-order valence-electron chi connectivity index (χ0n) is 16.4. The molecule has 190 valence electrons. The van der Waals surface area contributed by atoms with Crippen molar-refractivity contribution in [1.29, 1.82) is 0 Å². The Morgan fingerprint density at radius 1 is 0.879 bits per heavy atom. The quantitative estimate of drug-likeness (QED) is 0.312. The number of rotatable bonds is 8. The molecule has 0 bridgehead atoms. The van der Waals surface area contributed by atoms with Crippen LogP contribution in [0.2, 0.25) is 0 Å². The molecule has 0 fully saturated rings. The van der Waals surface area contributed by atoms with Gasteiger partial charge in [0.15, 0.2) is 0 Å². The number of carbonyl (C=O) groups is 1. The number of carbonyl (C=O) groups excluding carboxylic acids is 1. The van der Waals surface area contributed by atoms with E-state index in [9.17, 15) is 61.9 Å². The number of hydrogen-bond donors (Lipinski definition) is 1. The molecular weight excluding hydrogens is 499 g/mol. The summed E-state index contributed by atoms with van der Waals surface area (Å²) < 4.78 is 170. The lowest BCUT2D eigenvalue weighted by Crippen LogP contribution is -2.71.